The Morgan fingerprint density at radius 2 is 2.18 bits per heavy atom. The number of hydrogen-bond donors (Lipinski definition) is 2. The monoisotopic (exact) mass is 236 g/mol. The number of benzene rings is 1. The van der Waals surface area contributed by atoms with Crippen molar-refractivity contribution in [3.05, 3.63) is 29.8 Å². The Morgan fingerprint density at radius 1 is 1.41 bits per heavy atom. The van der Waals surface area contributed by atoms with Crippen LogP contribution in [0.25, 0.3) is 0 Å². The summed E-state index contributed by atoms with van der Waals surface area (Å²) in [5, 5.41) is 11.5. The van der Waals surface area contributed by atoms with E-state index < -0.39 is 0 Å². The van der Waals surface area contributed by atoms with Gasteiger partial charge in [-0.25, -0.2) is 0 Å². The highest BCUT2D eigenvalue weighted by molar-refractivity contribution is 5.97. The maximum Gasteiger partial charge on any atom is 0.170 e. The number of oxime groups is 1. The van der Waals surface area contributed by atoms with Crippen molar-refractivity contribution in [2.75, 3.05) is 13.2 Å². The van der Waals surface area contributed by atoms with E-state index in [9.17, 15) is 0 Å². The molecule has 0 saturated carbocycles. The number of rotatable bonds is 3. The Balaban J connectivity index is 1.97. The summed E-state index contributed by atoms with van der Waals surface area (Å²) in [4.78, 5) is 0. The zero-order valence-electron chi connectivity index (χ0n) is 9.50. The van der Waals surface area contributed by atoms with E-state index in [4.69, 9.17) is 20.4 Å². The zero-order valence-corrected chi connectivity index (χ0v) is 9.50. The molecule has 1 unspecified atom stereocenters. The minimum atomic E-state index is 0.0950. The molecule has 0 radical (unpaired) electrons. The molecule has 0 spiro atoms. The van der Waals surface area contributed by atoms with Crippen LogP contribution >= 0.6 is 0 Å². The molecule has 1 atom stereocenters. The van der Waals surface area contributed by atoms with Crippen molar-refractivity contribution >= 4 is 5.84 Å². The lowest BCUT2D eigenvalue weighted by atomic mass is 10.1. The van der Waals surface area contributed by atoms with Gasteiger partial charge in [-0.3, -0.25) is 0 Å². The van der Waals surface area contributed by atoms with E-state index >= 15 is 0 Å². The molecule has 1 aliphatic heterocycles. The summed E-state index contributed by atoms with van der Waals surface area (Å²) in [6.07, 6.45) is 2.17. The third kappa shape index (κ3) is 3.10. The van der Waals surface area contributed by atoms with Crippen LogP contribution in [-0.4, -0.2) is 30.4 Å². The fourth-order valence-electron chi connectivity index (χ4n) is 1.76. The van der Waals surface area contributed by atoms with Crippen molar-refractivity contribution < 1.29 is 14.7 Å². The first-order valence-electron chi connectivity index (χ1n) is 5.62. The predicted octanol–water partition coefficient (Wildman–Crippen LogP) is 1.34. The van der Waals surface area contributed by atoms with Gasteiger partial charge in [-0.1, -0.05) is 5.16 Å². The molecule has 1 aromatic rings. The van der Waals surface area contributed by atoms with E-state index in [0.717, 1.165) is 25.2 Å². The summed E-state index contributed by atoms with van der Waals surface area (Å²) in [6, 6.07) is 7.13. The van der Waals surface area contributed by atoms with Crippen molar-refractivity contribution in [3.63, 3.8) is 0 Å². The summed E-state index contributed by atoms with van der Waals surface area (Å²) in [5.41, 5.74) is 6.13. The number of nitrogens with zero attached hydrogens (tertiary/aromatic N) is 1. The summed E-state index contributed by atoms with van der Waals surface area (Å²) < 4.78 is 11.1. The fourth-order valence-corrected chi connectivity index (χ4v) is 1.76. The number of nitrogens with two attached hydrogens (primary N) is 1. The molecule has 1 saturated heterocycles. The molecule has 17 heavy (non-hydrogen) atoms. The molecule has 0 aliphatic carbocycles. The third-order valence-electron chi connectivity index (χ3n) is 2.68. The van der Waals surface area contributed by atoms with Crippen LogP contribution in [0.4, 0.5) is 0 Å². The smallest absolute Gasteiger partial charge is 0.170 e. The second-order valence-corrected chi connectivity index (χ2v) is 3.97. The third-order valence-corrected chi connectivity index (χ3v) is 2.68. The van der Waals surface area contributed by atoms with Gasteiger partial charge in [-0.05, 0) is 37.1 Å². The van der Waals surface area contributed by atoms with E-state index in [-0.39, 0.29) is 11.9 Å². The van der Waals surface area contributed by atoms with Crippen LogP contribution in [0.15, 0.2) is 29.4 Å². The topological polar surface area (TPSA) is 77.1 Å². The minimum absolute atomic E-state index is 0.0950. The molecule has 3 N–H and O–H groups in total. The summed E-state index contributed by atoms with van der Waals surface area (Å²) in [7, 11) is 0. The molecule has 0 aromatic heterocycles. The Kier molecular flexibility index (Phi) is 3.82. The molecule has 1 heterocycles. The number of ether oxygens (including phenoxy) is 2. The normalized spacial score (nSPS) is 21.2. The van der Waals surface area contributed by atoms with Crippen LogP contribution in [0, 0.1) is 0 Å². The van der Waals surface area contributed by atoms with Gasteiger partial charge in [-0.15, -0.1) is 0 Å². The predicted molar refractivity (Wildman–Crippen MR) is 63.4 cm³/mol. The first-order chi connectivity index (χ1) is 8.29. The lowest BCUT2D eigenvalue weighted by molar-refractivity contribution is 0.00743. The highest BCUT2D eigenvalue weighted by Gasteiger charge is 2.15. The molecular formula is C12H16N2O3. The van der Waals surface area contributed by atoms with Crippen molar-refractivity contribution in [2.45, 2.75) is 18.9 Å². The lowest BCUT2D eigenvalue weighted by Gasteiger charge is -2.23. The second-order valence-electron chi connectivity index (χ2n) is 3.97. The van der Waals surface area contributed by atoms with Gasteiger partial charge >= 0.3 is 0 Å². The highest BCUT2D eigenvalue weighted by Crippen LogP contribution is 2.17. The van der Waals surface area contributed by atoms with E-state index in [0.29, 0.717) is 12.2 Å². The number of amidine groups is 1. The van der Waals surface area contributed by atoms with Gasteiger partial charge < -0.3 is 20.4 Å². The molecule has 1 aliphatic rings. The Bertz CT molecular complexity index is 383. The second kappa shape index (κ2) is 5.54. The van der Waals surface area contributed by atoms with Crippen molar-refractivity contribution in [3.8, 4) is 5.75 Å². The summed E-state index contributed by atoms with van der Waals surface area (Å²) in [5.74, 6) is 0.868. The molecule has 1 aromatic carbocycles. The largest absolute Gasteiger partial charge is 0.488 e. The fraction of sp³-hybridized carbons (Fsp3) is 0.417. The Hall–Kier alpha value is -1.75. The maximum absolute atomic E-state index is 8.53. The number of hydrogen-bond acceptors (Lipinski definition) is 4. The van der Waals surface area contributed by atoms with Crippen LogP contribution in [0.5, 0.6) is 5.75 Å². The molecule has 0 amide bonds. The van der Waals surface area contributed by atoms with Gasteiger partial charge in [0, 0.05) is 12.2 Å². The van der Waals surface area contributed by atoms with Crippen LogP contribution in [-0.2, 0) is 4.74 Å². The van der Waals surface area contributed by atoms with Crippen LogP contribution in [0.1, 0.15) is 18.4 Å². The summed E-state index contributed by atoms with van der Waals surface area (Å²) >= 11 is 0. The Morgan fingerprint density at radius 3 is 2.76 bits per heavy atom. The van der Waals surface area contributed by atoms with Gasteiger partial charge in [-0.2, -0.15) is 0 Å². The maximum atomic E-state index is 8.53. The van der Waals surface area contributed by atoms with E-state index in [2.05, 4.69) is 5.16 Å². The van der Waals surface area contributed by atoms with E-state index in [1.54, 1.807) is 12.1 Å². The molecule has 92 valence electrons. The average molecular weight is 236 g/mol. The first-order valence-corrected chi connectivity index (χ1v) is 5.62. The van der Waals surface area contributed by atoms with Crippen molar-refractivity contribution in [1.29, 1.82) is 0 Å². The highest BCUT2D eigenvalue weighted by atomic mass is 16.5. The molecule has 1 fully saturated rings. The van der Waals surface area contributed by atoms with E-state index in [1.165, 1.54) is 0 Å². The molecule has 5 heteroatoms. The standard InChI is InChI=1S/C12H16N2O3/c13-12(14-15)9-3-5-10(6-4-9)17-11-2-1-7-16-8-11/h3-6,11,15H,1-2,7-8H2,(H2,13,14). The van der Waals surface area contributed by atoms with Crippen molar-refractivity contribution in [2.24, 2.45) is 10.9 Å². The average Bonchev–Trinajstić information content (AvgIpc) is 2.40. The van der Waals surface area contributed by atoms with Crippen LogP contribution in [0.2, 0.25) is 0 Å². The van der Waals surface area contributed by atoms with Crippen LogP contribution in [0.3, 0.4) is 0 Å². The molecule has 0 bridgehead atoms. The molecule has 5 nitrogen and oxygen atoms in total. The lowest BCUT2D eigenvalue weighted by Crippen LogP contribution is -2.28. The van der Waals surface area contributed by atoms with Gasteiger partial charge in [0.15, 0.2) is 5.84 Å². The van der Waals surface area contributed by atoms with Crippen LogP contribution < -0.4 is 10.5 Å². The quantitative estimate of drug-likeness (QED) is 0.359. The SMILES string of the molecule is N/C(=N/O)c1ccc(OC2CCCOC2)cc1. The van der Waals surface area contributed by atoms with Crippen molar-refractivity contribution in [1.82, 2.24) is 0 Å². The van der Waals surface area contributed by atoms with Gasteiger partial charge in [0.05, 0.1) is 6.61 Å². The first kappa shape index (κ1) is 11.7. The van der Waals surface area contributed by atoms with Gasteiger partial charge in [0.25, 0.3) is 0 Å². The zero-order chi connectivity index (χ0) is 12.1. The Labute approximate surface area is 99.8 Å². The van der Waals surface area contributed by atoms with Gasteiger partial charge in [0.2, 0.25) is 0 Å². The summed E-state index contributed by atoms with van der Waals surface area (Å²) in [6.45, 7) is 1.46. The molecule has 2 rings (SSSR count). The van der Waals surface area contributed by atoms with Gasteiger partial charge in [0.1, 0.15) is 11.9 Å². The minimum Gasteiger partial charge on any atom is -0.488 e. The van der Waals surface area contributed by atoms with E-state index in [1.807, 2.05) is 12.1 Å². The molecular weight excluding hydrogens is 220 g/mol.